The first kappa shape index (κ1) is 18.3. The molecule has 0 fully saturated rings. The van der Waals surface area contributed by atoms with Gasteiger partial charge in [-0.1, -0.05) is 25.9 Å². The Balaban J connectivity index is 2.12. The number of aromatic amines is 1. The summed E-state index contributed by atoms with van der Waals surface area (Å²) in [4.78, 5) is 20.8. The maximum atomic E-state index is 12.6. The van der Waals surface area contributed by atoms with Gasteiger partial charge in [0.1, 0.15) is 11.6 Å². The van der Waals surface area contributed by atoms with Crippen molar-refractivity contribution in [1.82, 2.24) is 20.1 Å². The highest BCUT2D eigenvalue weighted by atomic mass is 32.2. The van der Waals surface area contributed by atoms with Gasteiger partial charge in [-0.3, -0.25) is 9.00 Å². The van der Waals surface area contributed by atoms with Crippen LogP contribution in [0, 0.1) is 0 Å². The zero-order valence-electron chi connectivity index (χ0n) is 13.1. The van der Waals surface area contributed by atoms with E-state index in [1.165, 1.54) is 0 Å². The summed E-state index contributed by atoms with van der Waals surface area (Å²) in [7, 11) is -1.67. The molecule has 11 heteroatoms. The van der Waals surface area contributed by atoms with Crippen LogP contribution in [0.4, 0.5) is 13.2 Å². The van der Waals surface area contributed by atoms with Crippen molar-refractivity contribution in [2.45, 2.75) is 43.9 Å². The summed E-state index contributed by atoms with van der Waals surface area (Å²) in [5.74, 6) is -0.300. The smallest absolute Gasteiger partial charge is 0.338 e. The van der Waals surface area contributed by atoms with E-state index >= 15 is 0 Å². The van der Waals surface area contributed by atoms with Gasteiger partial charge < -0.3 is 9.51 Å². The lowest BCUT2D eigenvalue weighted by molar-refractivity contribution is -0.141. The standard InChI is InChI=1S/C13H15F3N4O3S/c1-12(2,3)11-19-10(23-20-11)6-24(22)5-8-17-7(13(14,15)16)4-9(21)18-8/h4H,5-6H2,1-3H3,(H,17,18,21)/t24-/m0/s1. The molecule has 1 N–H and O–H groups in total. The summed E-state index contributed by atoms with van der Waals surface area (Å²) < 4.78 is 54.9. The summed E-state index contributed by atoms with van der Waals surface area (Å²) >= 11 is 0. The van der Waals surface area contributed by atoms with Gasteiger partial charge in [0.05, 0.1) is 5.75 Å². The van der Waals surface area contributed by atoms with Gasteiger partial charge in [0.15, 0.2) is 11.5 Å². The molecule has 2 rings (SSSR count). The van der Waals surface area contributed by atoms with Crippen molar-refractivity contribution in [3.8, 4) is 0 Å². The molecule has 0 aliphatic heterocycles. The fourth-order valence-corrected chi connectivity index (χ4v) is 2.62. The van der Waals surface area contributed by atoms with E-state index < -0.39 is 28.2 Å². The average Bonchev–Trinajstić information content (AvgIpc) is 2.85. The molecule has 24 heavy (non-hydrogen) atoms. The molecular weight excluding hydrogens is 349 g/mol. The summed E-state index contributed by atoms with van der Waals surface area (Å²) in [6.45, 7) is 5.61. The molecule has 7 nitrogen and oxygen atoms in total. The van der Waals surface area contributed by atoms with Crippen LogP contribution in [0.2, 0.25) is 0 Å². The molecule has 0 radical (unpaired) electrons. The van der Waals surface area contributed by atoms with E-state index in [9.17, 15) is 22.2 Å². The normalized spacial score (nSPS) is 13.9. The van der Waals surface area contributed by atoms with Crippen molar-refractivity contribution in [3.05, 3.63) is 39.7 Å². The van der Waals surface area contributed by atoms with Gasteiger partial charge in [-0.15, -0.1) is 0 Å². The van der Waals surface area contributed by atoms with Crippen LogP contribution in [-0.2, 0) is 33.9 Å². The van der Waals surface area contributed by atoms with Gasteiger partial charge in [-0.05, 0) is 0 Å². The topological polar surface area (TPSA) is 102 Å². The highest BCUT2D eigenvalue weighted by molar-refractivity contribution is 7.83. The number of alkyl halides is 3. The van der Waals surface area contributed by atoms with Crippen LogP contribution in [0.25, 0.3) is 0 Å². The van der Waals surface area contributed by atoms with Crippen LogP contribution in [-0.4, -0.2) is 24.3 Å². The Morgan fingerprint density at radius 1 is 1.21 bits per heavy atom. The van der Waals surface area contributed by atoms with Crippen LogP contribution in [0.15, 0.2) is 15.4 Å². The first-order chi connectivity index (χ1) is 10.9. The van der Waals surface area contributed by atoms with Gasteiger partial charge in [0, 0.05) is 22.3 Å². The molecule has 0 saturated heterocycles. The van der Waals surface area contributed by atoms with E-state index in [4.69, 9.17) is 4.52 Å². The number of H-pyrrole nitrogens is 1. The van der Waals surface area contributed by atoms with Gasteiger partial charge in [0.2, 0.25) is 5.89 Å². The molecule has 0 aliphatic rings. The molecule has 2 aromatic heterocycles. The summed E-state index contributed by atoms with van der Waals surface area (Å²) in [6.07, 6.45) is -4.75. The second-order valence-electron chi connectivity index (χ2n) is 6.07. The predicted octanol–water partition coefficient (Wildman–Crippen LogP) is 1.92. The largest absolute Gasteiger partial charge is 0.433 e. The highest BCUT2D eigenvalue weighted by Crippen LogP contribution is 2.26. The minimum atomic E-state index is -4.75. The molecule has 1 atom stereocenters. The number of hydrogen-bond donors (Lipinski definition) is 1. The second kappa shape index (κ2) is 6.46. The molecule has 0 bridgehead atoms. The van der Waals surface area contributed by atoms with E-state index in [1.807, 2.05) is 20.8 Å². The van der Waals surface area contributed by atoms with Gasteiger partial charge in [-0.25, -0.2) is 4.98 Å². The maximum Gasteiger partial charge on any atom is 0.433 e. The Bertz CT molecular complexity index is 808. The monoisotopic (exact) mass is 364 g/mol. The fraction of sp³-hybridized carbons (Fsp3) is 0.538. The molecule has 0 amide bonds. The van der Waals surface area contributed by atoms with E-state index in [0.717, 1.165) is 0 Å². The molecule has 0 aliphatic carbocycles. The highest BCUT2D eigenvalue weighted by Gasteiger charge is 2.33. The fourth-order valence-electron chi connectivity index (χ4n) is 1.68. The molecule has 2 heterocycles. The summed E-state index contributed by atoms with van der Waals surface area (Å²) in [5.41, 5.74) is -2.64. The number of aromatic nitrogens is 4. The molecule has 0 spiro atoms. The van der Waals surface area contributed by atoms with E-state index in [-0.39, 0.29) is 28.6 Å². The Morgan fingerprint density at radius 2 is 1.88 bits per heavy atom. The minimum Gasteiger partial charge on any atom is -0.338 e. The Hall–Kier alpha value is -2.04. The zero-order valence-corrected chi connectivity index (χ0v) is 13.9. The lowest BCUT2D eigenvalue weighted by Gasteiger charge is -2.10. The van der Waals surface area contributed by atoms with Gasteiger partial charge in [-0.2, -0.15) is 18.2 Å². The molecule has 0 aromatic carbocycles. The van der Waals surface area contributed by atoms with Crippen molar-refractivity contribution in [2.75, 3.05) is 0 Å². The lowest BCUT2D eigenvalue weighted by atomic mass is 9.96. The molecular formula is C13H15F3N4O3S. The lowest BCUT2D eigenvalue weighted by Crippen LogP contribution is -2.19. The van der Waals surface area contributed by atoms with Crippen LogP contribution in [0.5, 0.6) is 0 Å². The van der Waals surface area contributed by atoms with Gasteiger partial charge in [0.25, 0.3) is 5.56 Å². The third-order valence-corrected chi connectivity index (χ3v) is 3.97. The predicted molar refractivity (Wildman–Crippen MR) is 78.4 cm³/mol. The van der Waals surface area contributed by atoms with Crippen molar-refractivity contribution in [3.63, 3.8) is 0 Å². The third-order valence-electron chi connectivity index (χ3n) is 2.80. The summed E-state index contributed by atoms with van der Waals surface area (Å²) in [6, 6.07) is 0.347. The van der Waals surface area contributed by atoms with Gasteiger partial charge >= 0.3 is 6.18 Å². The van der Waals surface area contributed by atoms with E-state index in [0.29, 0.717) is 11.9 Å². The molecule has 2 aromatic rings. The van der Waals surface area contributed by atoms with Crippen molar-refractivity contribution >= 4 is 10.8 Å². The number of rotatable bonds is 4. The SMILES string of the molecule is CC(C)(C)c1noc(C[S@@](=O)Cc2nc(C(F)(F)F)cc(=O)[nH]2)n1. The zero-order chi connectivity index (χ0) is 18.1. The second-order valence-corrected chi connectivity index (χ2v) is 7.52. The van der Waals surface area contributed by atoms with E-state index in [2.05, 4.69) is 20.1 Å². The number of nitrogens with zero attached hydrogens (tertiary/aromatic N) is 3. The van der Waals surface area contributed by atoms with Crippen LogP contribution < -0.4 is 5.56 Å². The molecule has 132 valence electrons. The van der Waals surface area contributed by atoms with Crippen LogP contribution in [0.3, 0.4) is 0 Å². The molecule has 0 saturated carbocycles. The third kappa shape index (κ3) is 4.73. The average molecular weight is 364 g/mol. The van der Waals surface area contributed by atoms with Crippen LogP contribution >= 0.6 is 0 Å². The first-order valence-electron chi connectivity index (χ1n) is 6.80. The Labute approximate surface area is 137 Å². The van der Waals surface area contributed by atoms with Crippen molar-refractivity contribution in [1.29, 1.82) is 0 Å². The van der Waals surface area contributed by atoms with Crippen LogP contribution in [0.1, 0.15) is 44.0 Å². The Kier molecular flexibility index (Phi) is 4.92. The quantitative estimate of drug-likeness (QED) is 0.889. The van der Waals surface area contributed by atoms with Crippen molar-refractivity contribution in [2.24, 2.45) is 0 Å². The summed E-state index contributed by atoms with van der Waals surface area (Å²) in [5, 5.41) is 3.77. The molecule has 0 unspecified atom stereocenters. The van der Waals surface area contributed by atoms with Crippen molar-refractivity contribution < 1.29 is 21.9 Å². The maximum absolute atomic E-state index is 12.6. The number of hydrogen-bond acceptors (Lipinski definition) is 6. The first-order valence-corrected chi connectivity index (χ1v) is 8.29. The Morgan fingerprint density at radius 3 is 2.42 bits per heavy atom. The number of halogens is 3. The number of nitrogens with one attached hydrogen (secondary N) is 1. The minimum absolute atomic E-state index is 0.104. The van der Waals surface area contributed by atoms with E-state index in [1.54, 1.807) is 0 Å².